The van der Waals surface area contributed by atoms with E-state index in [1.165, 1.54) is 0 Å². The smallest absolute Gasteiger partial charge is 0.286 e. The average Bonchev–Trinajstić information content (AvgIpc) is 3.20. The molecule has 154 valence electrons. The predicted octanol–water partition coefficient (Wildman–Crippen LogP) is 4.15. The standard InChI is InChI=1S/C22H30ClNO4/c1-2-27-22-18(8-5-13-25)19(15-9-11-16(23)12-10-15)14-20(28-22)21(26)24-17-6-3-4-7-17/h9-12,14,17-19,22,25H,2-8,13H2,1H3,(H,24,26)/t18-,19-,22-/m1/s1. The van der Waals surface area contributed by atoms with Gasteiger partial charge in [0.25, 0.3) is 5.91 Å². The zero-order chi connectivity index (χ0) is 19.9. The van der Waals surface area contributed by atoms with Crippen LogP contribution in [0.5, 0.6) is 0 Å². The number of aliphatic hydroxyl groups excluding tert-OH is 1. The summed E-state index contributed by atoms with van der Waals surface area (Å²) in [5.41, 5.74) is 1.06. The lowest BCUT2D eigenvalue weighted by atomic mass is 9.80. The lowest BCUT2D eigenvalue weighted by molar-refractivity contribution is -0.166. The number of carbonyl (C=O) groups excluding carboxylic acids is 1. The quantitative estimate of drug-likeness (QED) is 0.679. The summed E-state index contributed by atoms with van der Waals surface area (Å²) >= 11 is 6.06. The first-order chi connectivity index (χ1) is 13.6. The van der Waals surface area contributed by atoms with Crippen LogP contribution in [0.15, 0.2) is 36.1 Å². The first-order valence-electron chi connectivity index (χ1n) is 10.3. The van der Waals surface area contributed by atoms with Gasteiger partial charge in [0.15, 0.2) is 5.76 Å². The lowest BCUT2D eigenvalue weighted by Crippen LogP contribution is -2.41. The molecule has 1 fully saturated rings. The van der Waals surface area contributed by atoms with Crippen LogP contribution in [0.25, 0.3) is 0 Å². The maximum absolute atomic E-state index is 12.8. The summed E-state index contributed by atoms with van der Waals surface area (Å²) in [6, 6.07) is 7.91. The van der Waals surface area contributed by atoms with Gasteiger partial charge in [0.05, 0.1) is 0 Å². The van der Waals surface area contributed by atoms with Gasteiger partial charge < -0.3 is 19.9 Å². The van der Waals surface area contributed by atoms with Crippen LogP contribution in [0, 0.1) is 5.92 Å². The van der Waals surface area contributed by atoms with Crippen molar-refractivity contribution < 1.29 is 19.4 Å². The molecule has 1 saturated carbocycles. The number of aliphatic hydroxyl groups is 1. The molecule has 1 aliphatic carbocycles. The summed E-state index contributed by atoms with van der Waals surface area (Å²) in [6.07, 6.45) is 7.13. The lowest BCUT2D eigenvalue weighted by Gasteiger charge is -2.37. The zero-order valence-corrected chi connectivity index (χ0v) is 17.2. The number of carbonyl (C=O) groups is 1. The van der Waals surface area contributed by atoms with Crippen LogP contribution in [0.3, 0.4) is 0 Å². The SMILES string of the molecule is CCO[C@@H]1OC(C(=O)NC2CCCC2)=C[C@H](c2ccc(Cl)cc2)[C@H]1CCCO. The van der Waals surface area contributed by atoms with Crippen molar-refractivity contribution in [2.45, 2.75) is 63.7 Å². The Hall–Kier alpha value is -1.56. The minimum Gasteiger partial charge on any atom is -0.459 e. The van der Waals surface area contributed by atoms with Gasteiger partial charge in [-0.3, -0.25) is 4.79 Å². The molecular formula is C22H30ClNO4. The fourth-order valence-electron chi connectivity index (χ4n) is 4.16. The van der Waals surface area contributed by atoms with Crippen LogP contribution in [-0.2, 0) is 14.3 Å². The van der Waals surface area contributed by atoms with Crippen molar-refractivity contribution in [2.24, 2.45) is 5.92 Å². The molecule has 0 aromatic heterocycles. The molecule has 1 aliphatic heterocycles. The van der Waals surface area contributed by atoms with E-state index in [0.717, 1.165) is 37.7 Å². The van der Waals surface area contributed by atoms with Crippen LogP contribution >= 0.6 is 11.6 Å². The summed E-state index contributed by atoms with van der Waals surface area (Å²) in [5.74, 6) is 0.122. The van der Waals surface area contributed by atoms with Crippen molar-refractivity contribution in [3.05, 3.63) is 46.7 Å². The van der Waals surface area contributed by atoms with Crippen molar-refractivity contribution >= 4 is 17.5 Å². The van der Waals surface area contributed by atoms with E-state index >= 15 is 0 Å². The zero-order valence-electron chi connectivity index (χ0n) is 16.4. The Morgan fingerprint density at radius 2 is 2.00 bits per heavy atom. The van der Waals surface area contributed by atoms with Crippen molar-refractivity contribution in [2.75, 3.05) is 13.2 Å². The number of nitrogens with one attached hydrogen (secondary N) is 1. The van der Waals surface area contributed by atoms with Crippen molar-refractivity contribution in [1.82, 2.24) is 5.32 Å². The van der Waals surface area contributed by atoms with E-state index < -0.39 is 6.29 Å². The number of hydrogen-bond donors (Lipinski definition) is 2. The Bertz CT molecular complexity index is 670. The van der Waals surface area contributed by atoms with Gasteiger partial charge in [-0.2, -0.15) is 0 Å². The molecule has 3 atom stereocenters. The monoisotopic (exact) mass is 407 g/mol. The summed E-state index contributed by atoms with van der Waals surface area (Å²) in [5, 5.41) is 13.1. The third-order valence-corrected chi connectivity index (χ3v) is 5.83. The van der Waals surface area contributed by atoms with Gasteiger partial charge in [-0.05, 0) is 56.4 Å². The highest BCUT2D eigenvalue weighted by Gasteiger charge is 2.38. The molecule has 2 N–H and O–H groups in total. The maximum Gasteiger partial charge on any atom is 0.286 e. The molecule has 3 rings (SSSR count). The largest absolute Gasteiger partial charge is 0.459 e. The van der Waals surface area contributed by atoms with Gasteiger partial charge in [-0.1, -0.05) is 36.6 Å². The van der Waals surface area contributed by atoms with E-state index in [-0.39, 0.29) is 30.4 Å². The molecule has 5 nitrogen and oxygen atoms in total. The second-order valence-corrected chi connectivity index (χ2v) is 7.97. The molecule has 1 aromatic carbocycles. The van der Waals surface area contributed by atoms with Crippen molar-refractivity contribution in [1.29, 1.82) is 0 Å². The Labute approximate surface area is 172 Å². The second-order valence-electron chi connectivity index (χ2n) is 7.53. The normalized spacial score (nSPS) is 25.2. The highest BCUT2D eigenvalue weighted by molar-refractivity contribution is 6.30. The summed E-state index contributed by atoms with van der Waals surface area (Å²) in [7, 11) is 0. The Balaban J connectivity index is 1.87. The molecule has 0 saturated heterocycles. The minimum atomic E-state index is -0.522. The second kappa shape index (κ2) is 10.3. The molecular weight excluding hydrogens is 378 g/mol. The molecule has 0 unspecified atom stereocenters. The van der Waals surface area contributed by atoms with Crippen molar-refractivity contribution in [3.63, 3.8) is 0 Å². The van der Waals surface area contributed by atoms with Gasteiger partial charge in [-0.25, -0.2) is 0 Å². The van der Waals surface area contributed by atoms with Crippen LogP contribution < -0.4 is 5.32 Å². The number of rotatable bonds is 8. The highest BCUT2D eigenvalue weighted by atomic mass is 35.5. The predicted molar refractivity (Wildman–Crippen MR) is 109 cm³/mol. The number of benzene rings is 1. The maximum atomic E-state index is 12.8. The molecule has 0 radical (unpaired) electrons. The summed E-state index contributed by atoms with van der Waals surface area (Å²) in [6.45, 7) is 2.52. The average molecular weight is 408 g/mol. The Morgan fingerprint density at radius 1 is 1.29 bits per heavy atom. The first kappa shape index (κ1) is 21.2. The number of hydrogen-bond acceptors (Lipinski definition) is 4. The molecule has 0 bridgehead atoms. The van der Waals surface area contributed by atoms with E-state index in [1.807, 2.05) is 37.3 Å². The minimum absolute atomic E-state index is 0.0105. The van der Waals surface area contributed by atoms with Crippen molar-refractivity contribution in [3.8, 4) is 0 Å². The third-order valence-electron chi connectivity index (χ3n) is 5.58. The molecule has 28 heavy (non-hydrogen) atoms. The Kier molecular flexibility index (Phi) is 7.77. The van der Waals surface area contributed by atoms with Crippen LogP contribution in [-0.4, -0.2) is 36.6 Å². The third kappa shape index (κ3) is 5.28. The van der Waals surface area contributed by atoms with Gasteiger partial charge in [0.2, 0.25) is 6.29 Å². The number of ether oxygens (including phenoxy) is 2. The fraction of sp³-hybridized carbons (Fsp3) is 0.591. The molecule has 2 aliphatic rings. The number of halogens is 1. The Morgan fingerprint density at radius 3 is 2.64 bits per heavy atom. The molecule has 6 heteroatoms. The van der Waals surface area contributed by atoms with Crippen LogP contribution in [0.4, 0.5) is 0 Å². The van der Waals surface area contributed by atoms with Gasteiger partial charge in [-0.15, -0.1) is 0 Å². The molecule has 1 amide bonds. The fourth-order valence-corrected chi connectivity index (χ4v) is 4.28. The summed E-state index contributed by atoms with van der Waals surface area (Å²) < 4.78 is 11.9. The topological polar surface area (TPSA) is 67.8 Å². The molecule has 1 heterocycles. The van der Waals surface area contributed by atoms with Gasteiger partial charge >= 0.3 is 0 Å². The van der Waals surface area contributed by atoms with Crippen LogP contribution in [0.1, 0.15) is 56.9 Å². The van der Waals surface area contributed by atoms with Gasteiger partial charge in [0, 0.05) is 36.1 Å². The van der Waals surface area contributed by atoms with E-state index in [0.29, 0.717) is 23.8 Å². The summed E-state index contributed by atoms with van der Waals surface area (Å²) in [4.78, 5) is 12.8. The van der Waals surface area contributed by atoms with E-state index in [2.05, 4.69) is 5.32 Å². The molecule has 0 spiro atoms. The van der Waals surface area contributed by atoms with E-state index in [1.54, 1.807) is 0 Å². The van der Waals surface area contributed by atoms with Crippen LogP contribution in [0.2, 0.25) is 5.02 Å². The molecule has 1 aromatic rings. The number of allylic oxidation sites excluding steroid dienone is 1. The highest BCUT2D eigenvalue weighted by Crippen LogP contribution is 2.39. The van der Waals surface area contributed by atoms with E-state index in [4.69, 9.17) is 21.1 Å². The number of amides is 1. The van der Waals surface area contributed by atoms with E-state index in [9.17, 15) is 9.90 Å². The van der Waals surface area contributed by atoms with Gasteiger partial charge in [0.1, 0.15) is 0 Å². The first-order valence-corrected chi connectivity index (χ1v) is 10.7.